The van der Waals surface area contributed by atoms with E-state index in [0.717, 1.165) is 5.56 Å². The molecule has 0 radical (unpaired) electrons. The number of likely N-dealkylation sites (N-methyl/N-ethyl adjacent to an activating group) is 1. The minimum Gasteiger partial charge on any atom is -0.336 e. The van der Waals surface area contributed by atoms with Gasteiger partial charge in [0.15, 0.2) is 0 Å². The topological polar surface area (TPSA) is 70.6 Å². The smallest absolute Gasteiger partial charge is 0.255 e. The van der Waals surface area contributed by atoms with Crippen LogP contribution in [-0.4, -0.2) is 48.7 Å². The molecule has 1 aromatic heterocycles. The molecule has 24 heavy (non-hydrogen) atoms. The van der Waals surface area contributed by atoms with Crippen molar-refractivity contribution in [3.05, 3.63) is 59.9 Å². The van der Waals surface area contributed by atoms with Crippen LogP contribution in [0.2, 0.25) is 0 Å². The molecule has 1 aromatic carbocycles. The predicted octanol–water partition coefficient (Wildman–Crippen LogP) is 1.46. The van der Waals surface area contributed by atoms with Gasteiger partial charge in [0.1, 0.15) is 0 Å². The van der Waals surface area contributed by atoms with Crippen molar-refractivity contribution in [1.29, 1.82) is 0 Å². The van der Waals surface area contributed by atoms with Crippen molar-refractivity contribution in [2.24, 2.45) is 0 Å². The third-order valence-corrected chi connectivity index (χ3v) is 7.06. The lowest BCUT2D eigenvalue weighted by atomic mass is 9.89. The molecule has 0 bridgehead atoms. The van der Waals surface area contributed by atoms with Gasteiger partial charge in [-0.3, -0.25) is 9.78 Å². The van der Waals surface area contributed by atoms with Crippen LogP contribution < -0.4 is 0 Å². The summed E-state index contributed by atoms with van der Waals surface area (Å²) in [5, 5.41) is 0. The van der Waals surface area contributed by atoms with E-state index in [4.69, 9.17) is 0 Å². The summed E-state index contributed by atoms with van der Waals surface area (Å²) in [6, 6.07) is 10.5. The quantitative estimate of drug-likeness (QED) is 0.786. The number of benzene rings is 1. The summed E-state index contributed by atoms with van der Waals surface area (Å²) in [5.74, 6) is -0.116. The second-order valence-electron chi connectivity index (χ2n) is 6.22. The number of fused-ring (bicyclic) bond motifs is 2. The fourth-order valence-electron chi connectivity index (χ4n) is 3.74. The summed E-state index contributed by atoms with van der Waals surface area (Å²) in [6.45, 7) is 0.870. The van der Waals surface area contributed by atoms with E-state index in [1.807, 2.05) is 12.1 Å². The van der Waals surface area contributed by atoms with Crippen LogP contribution in [-0.2, 0) is 15.6 Å². The van der Waals surface area contributed by atoms with Crippen molar-refractivity contribution in [1.82, 2.24) is 14.2 Å². The molecule has 1 spiro atoms. The molecule has 4 rings (SSSR count). The molecule has 1 saturated heterocycles. The summed E-state index contributed by atoms with van der Waals surface area (Å²) in [4.78, 5) is 18.7. The molecule has 6 nitrogen and oxygen atoms in total. The Bertz CT molecular complexity index is 914. The third kappa shape index (κ3) is 1.94. The number of pyridine rings is 1. The van der Waals surface area contributed by atoms with Gasteiger partial charge in [-0.2, -0.15) is 4.31 Å². The Labute approximate surface area is 140 Å². The lowest BCUT2D eigenvalue weighted by Crippen LogP contribution is -2.44. The molecule has 0 aliphatic carbocycles. The fourth-order valence-corrected chi connectivity index (χ4v) is 5.53. The molecular formula is C17H17N3O3S. The van der Waals surface area contributed by atoms with Crippen LogP contribution in [0.25, 0.3) is 0 Å². The molecule has 1 fully saturated rings. The highest BCUT2D eigenvalue weighted by Gasteiger charge is 2.55. The van der Waals surface area contributed by atoms with Gasteiger partial charge in [0.2, 0.25) is 10.0 Å². The van der Waals surface area contributed by atoms with E-state index in [2.05, 4.69) is 4.98 Å². The monoisotopic (exact) mass is 343 g/mol. The summed E-state index contributed by atoms with van der Waals surface area (Å²) in [6.07, 6.45) is 3.75. The zero-order chi connectivity index (χ0) is 16.9. The number of nitrogens with zero attached hydrogens (tertiary/aromatic N) is 3. The average molecular weight is 343 g/mol. The molecule has 7 heteroatoms. The molecule has 1 amide bonds. The van der Waals surface area contributed by atoms with Crippen LogP contribution in [0.15, 0.2) is 53.7 Å². The highest BCUT2D eigenvalue weighted by Crippen LogP contribution is 2.48. The Kier molecular flexibility index (Phi) is 3.26. The van der Waals surface area contributed by atoms with Gasteiger partial charge in [0, 0.05) is 32.5 Å². The number of likely N-dealkylation sites (tertiary alicyclic amines) is 1. The minimum absolute atomic E-state index is 0.116. The van der Waals surface area contributed by atoms with Gasteiger partial charge in [-0.25, -0.2) is 8.42 Å². The van der Waals surface area contributed by atoms with E-state index in [0.29, 0.717) is 30.0 Å². The van der Waals surface area contributed by atoms with Crippen LogP contribution in [0.1, 0.15) is 22.3 Å². The lowest BCUT2D eigenvalue weighted by Gasteiger charge is -2.31. The highest BCUT2D eigenvalue weighted by molar-refractivity contribution is 7.89. The molecule has 2 aromatic rings. The number of hydrogen-bond acceptors (Lipinski definition) is 4. The SMILES string of the molecule is CN1C2(CCN(C(=O)c3cccnc3)C2)c2ccccc2S1(=O)=O. The van der Waals surface area contributed by atoms with E-state index in [9.17, 15) is 13.2 Å². The lowest BCUT2D eigenvalue weighted by molar-refractivity contribution is 0.0769. The van der Waals surface area contributed by atoms with Gasteiger partial charge in [-0.1, -0.05) is 18.2 Å². The van der Waals surface area contributed by atoms with E-state index < -0.39 is 15.6 Å². The first kappa shape index (κ1) is 15.3. The molecule has 124 valence electrons. The number of carbonyl (C=O) groups is 1. The molecular weight excluding hydrogens is 326 g/mol. The van der Waals surface area contributed by atoms with E-state index >= 15 is 0 Å². The van der Waals surface area contributed by atoms with Gasteiger partial charge >= 0.3 is 0 Å². The summed E-state index contributed by atoms with van der Waals surface area (Å²) < 4.78 is 26.8. The summed E-state index contributed by atoms with van der Waals surface area (Å²) in [7, 11) is -1.90. The zero-order valence-electron chi connectivity index (χ0n) is 13.2. The number of rotatable bonds is 1. The molecule has 2 aliphatic rings. The summed E-state index contributed by atoms with van der Waals surface area (Å²) in [5.41, 5.74) is 0.633. The van der Waals surface area contributed by atoms with Crippen LogP contribution in [0.5, 0.6) is 0 Å². The van der Waals surface area contributed by atoms with Gasteiger partial charge in [-0.15, -0.1) is 0 Å². The van der Waals surface area contributed by atoms with Crippen LogP contribution in [0, 0.1) is 0 Å². The maximum atomic E-state index is 12.7. The van der Waals surface area contributed by atoms with Crippen LogP contribution >= 0.6 is 0 Å². The molecule has 3 heterocycles. The van der Waals surface area contributed by atoms with Crippen molar-refractivity contribution in [2.45, 2.75) is 16.9 Å². The minimum atomic E-state index is -3.51. The highest BCUT2D eigenvalue weighted by atomic mass is 32.2. The average Bonchev–Trinajstić information content (AvgIpc) is 3.13. The first-order chi connectivity index (χ1) is 11.5. The number of aromatic nitrogens is 1. The number of sulfonamides is 1. The normalized spacial score (nSPS) is 25.1. The van der Waals surface area contributed by atoms with Crippen molar-refractivity contribution in [2.75, 3.05) is 20.1 Å². The number of carbonyl (C=O) groups excluding carboxylic acids is 1. The van der Waals surface area contributed by atoms with Gasteiger partial charge in [0.25, 0.3) is 5.91 Å². The van der Waals surface area contributed by atoms with Crippen LogP contribution in [0.3, 0.4) is 0 Å². The van der Waals surface area contributed by atoms with Gasteiger partial charge in [0.05, 0.1) is 16.0 Å². The fraction of sp³-hybridized carbons (Fsp3) is 0.294. The molecule has 2 aliphatic heterocycles. The standard InChI is InChI=1S/C17H17N3O3S/c1-19-17(14-6-2-3-7-15(14)24(19,22)23)8-10-20(12-17)16(21)13-5-4-9-18-11-13/h2-7,9,11H,8,10,12H2,1H3. The first-order valence-electron chi connectivity index (χ1n) is 7.75. The second-order valence-corrected chi connectivity index (χ2v) is 8.16. The van der Waals surface area contributed by atoms with Gasteiger partial charge < -0.3 is 4.90 Å². The Balaban J connectivity index is 1.73. The third-order valence-electron chi connectivity index (χ3n) is 5.07. The Hall–Kier alpha value is -2.25. The molecule has 0 saturated carbocycles. The van der Waals surface area contributed by atoms with Crippen molar-refractivity contribution >= 4 is 15.9 Å². The molecule has 0 N–H and O–H groups in total. The predicted molar refractivity (Wildman–Crippen MR) is 87.8 cm³/mol. The molecule has 1 unspecified atom stereocenters. The van der Waals surface area contributed by atoms with E-state index in [1.165, 1.54) is 10.5 Å². The Morgan fingerprint density at radius 1 is 1.21 bits per heavy atom. The van der Waals surface area contributed by atoms with E-state index in [-0.39, 0.29) is 5.91 Å². The Morgan fingerprint density at radius 3 is 2.75 bits per heavy atom. The first-order valence-corrected chi connectivity index (χ1v) is 9.19. The van der Waals surface area contributed by atoms with Gasteiger partial charge in [-0.05, 0) is 30.2 Å². The number of amides is 1. The Morgan fingerprint density at radius 2 is 2.00 bits per heavy atom. The second kappa shape index (κ2) is 5.12. The van der Waals surface area contributed by atoms with Crippen LogP contribution in [0.4, 0.5) is 0 Å². The van der Waals surface area contributed by atoms with Crippen molar-refractivity contribution in [3.63, 3.8) is 0 Å². The maximum absolute atomic E-state index is 12.7. The van der Waals surface area contributed by atoms with Crippen molar-refractivity contribution < 1.29 is 13.2 Å². The zero-order valence-corrected chi connectivity index (χ0v) is 14.0. The largest absolute Gasteiger partial charge is 0.336 e. The summed E-state index contributed by atoms with van der Waals surface area (Å²) >= 11 is 0. The van der Waals surface area contributed by atoms with E-state index in [1.54, 1.807) is 42.4 Å². The number of hydrogen-bond donors (Lipinski definition) is 0. The molecule has 1 atom stereocenters. The maximum Gasteiger partial charge on any atom is 0.255 e. The van der Waals surface area contributed by atoms with Crippen molar-refractivity contribution in [3.8, 4) is 0 Å².